The zero-order valence-corrected chi connectivity index (χ0v) is 14.6. The SMILES string of the molecule is COC(=O)c1c(-c2ccccc2)c(-c2ccccc2)nn(CC(N)=O)c1=O. The summed E-state index contributed by atoms with van der Waals surface area (Å²) in [6, 6.07) is 18.0. The zero-order chi connectivity index (χ0) is 19.4. The van der Waals surface area contributed by atoms with Gasteiger partial charge in [0.2, 0.25) is 5.91 Å². The number of nitrogens with zero attached hydrogens (tertiary/aromatic N) is 2. The molecule has 27 heavy (non-hydrogen) atoms. The smallest absolute Gasteiger partial charge is 0.344 e. The lowest BCUT2D eigenvalue weighted by Crippen LogP contribution is -2.35. The van der Waals surface area contributed by atoms with Crippen LogP contribution in [-0.2, 0) is 16.1 Å². The maximum Gasteiger partial charge on any atom is 0.344 e. The molecule has 0 atom stereocenters. The first-order valence-corrected chi connectivity index (χ1v) is 8.15. The first kappa shape index (κ1) is 18.1. The summed E-state index contributed by atoms with van der Waals surface area (Å²) in [5.74, 6) is -1.55. The molecule has 0 saturated carbocycles. The van der Waals surface area contributed by atoms with Crippen LogP contribution in [0.15, 0.2) is 65.5 Å². The van der Waals surface area contributed by atoms with Crippen LogP contribution in [0.25, 0.3) is 22.4 Å². The number of ether oxygens (including phenoxy) is 1. The van der Waals surface area contributed by atoms with Gasteiger partial charge in [0.1, 0.15) is 12.1 Å². The molecule has 1 heterocycles. The summed E-state index contributed by atoms with van der Waals surface area (Å²) in [5.41, 5.74) is 6.34. The molecule has 1 aromatic heterocycles. The number of amides is 1. The van der Waals surface area contributed by atoms with Gasteiger partial charge >= 0.3 is 5.97 Å². The molecule has 0 unspecified atom stereocenters. The van der Waals surface area contributed by atoms with E-state index in [0.717, 1.165) is 4.68 Å². The minimum atomic E-state index is -0.809. The number of nitrogens with two attached hydrogens (primary N) is 1. The summed E-state index contributed by atoms with van der Waals surface area (Å²) in [7, 11) is 1.19. The van der Waals surface area contributed by atoms with E-state index in [4.69, 9.17) is 10.5 Å². The molecule has 7 nitrogen and oxygen atoms in total. The molecule has 0 spiro atoms. The topological polar surface area (TPSA) is 104 Å². The maximum absolute atomic E-state index is 12.9. The van der Waals surface area contributed by atoms with E-state index in [-0.39, 0.29) is 5.56 Å². The molecule has 0 saturated heterocycles. The average molecular weight is 363 g/mol. The van der Waals surface area contributed by atoms with Crippen LogP contribution in [0.2, 0.25) is 0 Å². The molecule has 0 radical (unpaired) electrons. The van der Waals surface area contributed by atoms with Gasteiger partial charge in [0.15, 0.2) is 0 Å². The van der Waals surface area contributed by atoms with Crippen LogP contribution >= 0.6 is 0 Å². The monoisotopic (exact) mass is 363 g/mol. The minimum Gasteiger partial charge on any atom is -0.465 e. The highest BCUT2D eigenvalue weighted by Crippen LogP contribution is 2.32. The van der Waals surface area contributed by atoms with Gasteiger partial charge in [-0.15, -0.1) is 0 Å². The van der Waals surface area contributed by atoms with Crippen LogP contribution in [0.4, 0.5) is 0 Å². The van der Waals surface area contributed by atoms with Crippen LogP contribution in [-0.4, -0.2) is 28.8 Å². The third-order valence-electron chi connectivity index (χ3n) is 3.96. The minimum absolute atomic E-state index is 0.196. The first-order valence-electron chi connectivity index (χ1n) is 8.15. The van der Waals surface area contributed by atoms with Crippen molar-refractivity contribution in [2.24, 2.45) is 5.73 Å². The Morgan fingerprint density at radius 2 is 1.56 bits per heavy atom. The van der Waals surface area contributed by atoms with Crippen molar-refractivity contribution in [3.63, 3.8) is 0 Å². The normalized spacial score (nSPS) is 10.4. The van der Waals surface area contributed by atoms with E-state index >= 15 is 0 Å². The summed E-state index contributed by atoms with van der Waals surface area (Å²) >= 11 is 0. The fourth-order valence-corrected chi connectivity index (χ4v) is 2.80. The van der Waals surface area contributed by atoms with Crippen molar-refractivity contribution >= 4 is 11.9 Å². The quantitative estimate of drug-likeness (QED) is 0.697. The lowest BCUT2D eigenvalue weighted by molar-refractivity contribution is -0.118. The number of aromatic nitrogens is 2. The molecule has 0 fully saturated rings. The van der Waals surface area contributed by atoms with Crippen LogP contribution in [0, 0.1) is 0 Å². The lowest BCUT2D eigenvalue weighted by Gasteiger charge is -2.15. The van der Waals surface area contributed by atoms with Crippen LogP contribution in [0.5, 0.6) is 0 Å². The van der Waals surface area contributed by atoms with Crippen molar-refractivity contribution in [1.82, 2.24) is 9.78 Å². The van der Waals surface area contributed by atoms with Gasteiger partial charge in [-0.2, -0.15) is 5.10 Å². The predicted molar refractivity (Wildman–Crippen MR) is 99.9 cm³/mol. The summed E-state index contributed by atoms with van der Waals surface area (Å²) < 4.78 is 5.73. The summed E-state index contributed by atoms with van der Waals surface area (Å²) in [5, 5.41) is 4.33. The van der Waals surface area contributed by atoms with E-state index in [2.05, 4.69) is 5.10 Å². The third-order valence-corrected chi connectivity index (χ3v) is 3.96. The Bertz CT molecular complexity index is 1040. The van der Waals surface area contributed by atoms with E-state index in [0.29, 0.717) is 22.4 Å². The van der Waals surface area contributed by atoms with Gasteiger partial charge in [0, 0.05) is 11.1 Å². The van der Waals surface area contributed by atoms with Crippen molar-refractivity contribution in [2.75, 3.05) is 7.11 Å². The molecular formula is C20H17N3O4. The van der Waals surface area contributed by atoms with Crippen LogP contribution < -0.4 is 11.3 Å². The van der Waals surface area contributed by atoms with Gasteiger partial charge in [-0.25, -0.2) is 9.48 Å². The molecule has 3 rings (SSSR count). The van der Waals surface area contributed by atoms with Gasteiger partial charge in [0.05, 0.1) is 12.8 Å². The number of carbonyl (C=O) groups excluding carboxylic acids is 2. The van der Waals surface area contributed by atoms with E-state index < -0.39 is 24.0 Å². The molecule has 0 aliphatic rings. The molecule has 3 aromatic rings. The van der Waals surface area contributed by atoms with Crippen LogP contribution in [0.3, 0.4) is 0 Å². The number of methoxy groups -OCH3 is 1. The second kappa shape index (κ2) is 7.65. The van der Waals surface area contributed by atoms with E-state index in [9.17, 15) is 14.4 Å². The van der Waals surface area contributed by atoms with E-state index in [1.165, 1.54) is 7.11 Å². The van der Waals surface area contributed by atoms with E-state index in [1.807, 2.05) is 24.3 Å². The molecule has 7 heteroatoms. The molecule has 0 aliphatic heterocycles. The Hall–Kier alpha value is -3.74. The number of carbonyl (C=O) groups is 2. The van der Waals surface area contributed by atoms with Crippen molar-refractivity contribution in [1.29, 1.82) is 0 Å². The number of hydrogen-bond donors (Lipinski definition) is 1. The van der Waals surface area contributed by atoms with E-state index in [1.54, 1.807) is 36.4 Å². The Morgan fingerprint density at radius 3 is 2.07 bits per heavy atom. The highest BCUT2D eigenvalue weighted by atomic mass is 16.5. The molecule has 2 N–H and O–H groups in total. The van der Waals surface area contributed by atoms with Gasteiger partial charge in [0.25, 0.3) is 5.56 Å². The fourth-order valence-electron chi connectivity index (χ4n) is 2.80. The van der Waals surface area contributed by atoms with Crippen molar-refractivity contribution in [3.8, 4) is 22.4 Å². The Morgan fingerprint density at radius 1 is 1.00 bits per heavy atom. The highest BCUT2D eigenvalue weighted by molar-refractivity contribution is 6.00. The maximum atomic E-state index is 12.9. The number of hydrogen-bond acceptors (Lipinski definition) is 5. The predicted octanol–water partition coefficient (Wildman–Crippen LogP) is 1.85. The van der Waals surface area contributed by atoms with Crippen molar-refractivity contribution < 1.29 is 14.3 Å². The number of benzene rings is 2. The second-order valence-corrected chi connectivity index (χ2v) is 5.75. The Balaban J connectivity index is 2.44. The summed E-state index contributed by atoms with van der Waals surface area (Å²) in [4.78, 5) is 36.7. The van der Waals surface area contributed by atoms with Gasteiger partial charge in [-0.05, 0) is 5.56 Å². The average Bonchev–Trinajstić information content (AvgIpc) is 2.69. The molecule has 0 bridgehead atoms. The molecule has 136 valence electrons. The van der Waals surface area contributed by atoms with Crippen LogP contribution in [0.1, 0.15) is 10.4 Å². The second-order valence-electron chi connectivity index (χ2n) is 5.75. The standard InChI is InChI=1S/C20H17N3O4/c1-27-20(26)17-16(13-8-4-2-5-9-13)18(14-10-6-3-7-11-14)22-23(19(17)25)12-15(21)24/h2-11H,12H2,1H3,(H2,21,24). The molecular weight excluding hydrogens is 346 g/mol. The fraction of sp³-hybridized carbons (Fsp3) is 0.100. The Labute approximate surface area is 155 Å². The van der Waals surface area contributed by atoms with Crippen molar-refractivity contribution in [2.45, 2.75) is 6.54 Å². The summed E-state index contributed by atoms with van der Waals surface area (Å²) in [6.07, 6.45) is 0. The first-order chi connectivity index (χ1) is 13.0. The Kier molecular flexibility index (Phi) is 5.12. The highest BCUT2D eigenvalue weighted by Gasteiger charge is 2.26. The van der Waals surface area contributed by atoms with Gasteiger partial charge < -0.3 is 10.5 Å². The number of primary amides is 1. The zero-order valence-electron chi connectivity index (χ0n) is 14.6. The van der Waals surface area contributed by atoms with Crippen molar-refractivity contribution in [3.05, 3.63) is 76.6 Å². The van der Waals surface area contributed by atoms with Gasteiger partial charge in [-0.1, -0.05) is 60.7 Å². The molecule has 2 aromatic carbocycles. The summed E-state index contributed by atoms with van der Waals surface area (Å²) in [6.45, 7) is -0.447. The number of rotatable bonds is 5. The largest absolute Gasteiger partial charge is 0.465 e. The van der Waals surface area contributed by atoms with Gasteiger partial charge in [-0.3, -0.25) is 9.59 Å². The molecule has 0 aliphatic carbocycles. The lowest BCUT2D eigenvalue weighted by atomic mass is 9.95. The molecule has 1 amide bonds. The third kappa shape index (κ3) is 3.62. The number of esters is 1.